The highest BCUT2D eigenvalue weighted by Crippen LogP contribution is 2.29. The molecule has 7 nitrogen and oxygen atoms in total. The summed E-state index contributed by atoms with van der Waals surface area (Å²) in [7, 11) is 0. The van der Waals surface area contributed by atoms with Crippen molar-refractivity contribution in [2.75, 3.05) is 13.1 Å². The van der Waals surface area contributed by atoms with E-state index < -0.39 is 34.6 Å². The highest BCUT2D eigenvalue weighted by Gasteiger charge is 2.35. The Morgan fingerprint density at radius 1 is 1.23 bits per heavy atom. The summed E-state index contributed by atoms with van der Waals surface area (Å²) in [6, 6.07) is 2.71. The maximum atomic E-state index is 13.8. The van der Waals surface area contributed by atoms with Crippen LogP contribution in [-0.4, -0.2) is 39.5 Å². The molecule has 2 aliphatic rings. The summed E-state index contributed by atoms with van der Waals surface area (Å²) >= 11 is 0. The summed E-state index contributed by atoms with van der Waals surface area (Å²) in [5, 5.41) is 12.8. The van der Waals surface area contributed by atoms with Gasteiger partial charge in [0.2, 0.25) is 5.43 Å². The first-order valence-corrected chi connectivity index (χ1v) is 9.51. The smallest absolute Gasteiger partial charge is 0.274 e. The van der Waals surface area contributed by atoms with Crippen molar-refractivity contribution in [3.8, 4) is 5.75 Å². The summed E-state index contributed by atoms with van der Waals surface area (Å²) in [6.07, 6.45) is 6.45. The van der Waals surface area contributed by atoms with Crippen molar-refractivity contribution >= 4 is 11.8 Å². The average Bonchev–Trinajstić information content (AvgIpc) is 2.68. The Hall–Kier alpha value is -3.49. The first-order chi connectivity index (χ1) is 14.4. The molecule has 2 aromatic rings. The highest BCUT2D eigenvalue weighted by molar-refractivity contribution is 5.99. The second-order valence-electron chi connectivity index (χ2n) is 7.30. The number of carbonyl (C=O) groups is 2. The minimum Gasteiger partial charge on any atom is -0.503 e. The summed E-state index contributed by atoms with van der Waals surface area (Å²) in [6.45, 7) is 0.608. The molecule has 3 heterocycles. The number of carbonyl (C=O) groups excluding carboxylic acids is 2. The van der Waals surface area contributed by atoms with Crippen molar-refractivity contribution in [2.24, 2.45) is 0 Å². The molecule has 1 aromatic carbocycles. The molecule has 2 N–H and O–H groups in total. The number of aromatic hydroxyl groups is 1. The minimum atomic E-state index is -0.972. The van der Waals surface area contributed by atoms with E-state index in [4.69, 9.17) is 0 Å². The fraction of sp³-hybridized carbons (Fsp3) is 0.286. The Balaban J connectivity index is 1.67. The van der Waals surface area contributed by atoms with Crippen LogP contribution in [0.5, 0.6) is 5.75 Å². The van der Waals surface area contributed by atoms with Gasteiger partial charge in [0.05, 0.1) is 6.04 Å². The van der Waals surface area contributed by atoms with Crippen LogP contribution in [0.25, 0.3) is 0 Å². The molecule has 0 radical (unpaired) electrons. The third kappa shape index (κ3) is 3.47. The Labute approximate surface area is 170 Å². The predicted octanol–water partition coefficient (Wildman–Crippen LogP) is 2.11. The number of halogens is 2. The number of benzene rings is 1. The molecule has 1 aromatic heterocycles. The topological polar surface area (TPSA) is 91.6 Å². The van der Waals surface area contributed by atoms with E-state index in [2.05, 4.69) is 5.32 Å². The van der Waals surface area contributed by atoms with Gasteiger partial charge in [-0.1, -0.05) is 18.2 Å². The van der Waals surface area contributed by atoms with Crippen molar-refractivity contribution in [2.45, 2.75) is 25.4 Å². The van der Waals surface area contributed by atoms with Crippen molar-refractivity contribution in [3.63, 3.8) is 0 Å². The molecule has 156 valence electrons. The summed E-state index contributed by atoms with van der Waals surface area (Å²) < 4.78 is 28.3. The zero-order valence-electron chi connectivity index (χ0n) is 15.9. The molecule has 0 spiro atoms. The summed E-state index contributed by atoms with van der Waals surface area (Å²) in [5.74, 6) is -3.64. The number of nitrogens with one attached hydrogen (secondary N) is 1. The van der Waals surface area contributed by atoms with Gasteiger partial charge in [0.25, 0.3) is 11.8 Å². The van der Waals surface area contributed by atoms with E-state index in [1.165, 1.54) is 16.8 Å². The van der Waals surface area contributed by atoms with Gasteiger partial charge < -0.3 is 19.9 Å². The van der Waals surface area contributed by atoms with E-state index in [9.17, 15) is 28.3 Å². The largest absolute Gasteiger partial charge is 0.503 e. The van der Waals surface area contributed by atoms with E-state index >= 15 is 0 Å². The molecule has 1 unspecified atom stereocenters. The lowest BCUT2D eigenvalue weighted by atomic mass is 10.0. The highest BCUT2D eigenvalue weighted by atomic mass is 19.1. The van der Waals surface area contributed by atoms with Crippen molar-refractivity contribution in [3.05, 3.63) is 75.2 Å². The molecule has 0 saturated heterocycles. The molecule has 30 heavy (non-hydrogen) atoms. The van der Waals surface area contributed by atoms with Crippen LogP contribution >= 0.6 is 0 Å². The minimum absolute atomic E-state index is 0.0445. The van der Waals surface area contributed by atoms with E-state index in [0.717, 1.165) is 6.07 Å². The van der Waals surface area contributed by atoms with Crippen molar-refractivity contribution < 1.29 is 23.5 Å². The van der Waals surface area contributed by atoms with Crippen LogP contribution in [0.1, 0.15) is 45.3 Å². The fourth-order valence-corrected chi connectivity index (χ4v) is 3.77. The van der Waals surface area contributed by atoms with Crippen LogP contribution in [0.3, 0.4) is 0 Å². The van der Waals surface area contributed by atoms with Crippen molar-refractivity contribution in [1.82, 2.24) is 14.8 Å². The predicted molar refractivity (Wildman–Crippen MR) is 103 cm³/mol. The Morgan fingerprint density at radius 2 is 2.03 bits per heavy atom. The van der Waals surface area contributed by atoms with Gasteiger partial charge in [-0.15, -0.1) is 0 Å². The Kier molecular flexibility index (Phi) is 5.11. The third-order valence-electron chi connectivity index (χ3n) is 5.36. The van der Waals surface area contributed by atoms with Gasteiger partial charge in [0.1, 0.15) is 17.2 Å². The third-order valence-corrected chi connectivity index (χ3v) is 5.36. The molecule has 0 saturated carbocycles. The lowest BCUT2D eigenvalue weighted by Crippen LogP contribution is -2.45. The molecule has 4 rings (SSSR count). The van der Waals surface area contributed by atoms with Gasteiger partial charge in [-0.25, -0.2) is 8.78 Å². The molecule has 0 aliphatic carbocycles. The zero-order chi connectivity index (χ0) is 21.4. The van der Waals surface area contributed by atoms with Crippen LogP contribution in [-0.2, 0) is 6.54 Å². The first-order valence-electron chi connectivity index (χ1n) is 9.51. The molecule has 2 aliphatic heterocycles. The number of rotatable bonds is 3. The van der Waals surface area contributed by atoms with E-state index in [1.54, 1.807) is 4.90 Å². The van der Waals surface area contributed by atoms with E-state index in [-0.39, 0.29) is 29.4 Å². The van der Waals surface area contributed by atoms with Crippen LogP contribution in [0.2, 0.25) is 0 Å². The standard InChI is InChI=1S/C21H19F2N3O4/c22-13-6-5-12(16(23)8-13)9-24-20(29)15-11-26-14-4-2-1-3-7-25(10-14)21(30)17(26)19(28)18(15)27/h1-2,5-6,8,11,14,28H,3-4,7,9-10H2,(H,24,29)/b2-1-. The van der Waals surface area contributed by atoms with Crippen LogP contribution in [0, 0.1) is 11.6 Å². The first kappa shape index (κ1) is 19.8. The van der Waals surface area contributed by atoms with E-state index in [0.29, 0.717) is 32.0 Å². The maximum absolute atomic E-state index is 13.8. The van der Waals surface area contributed by atoms with Gasteiger partial charge in [0.15, 0.2) is 11.4 Å². The Bertz CT molecular complexity index is 1130. The fourth-order valence-electron chi connectivity index (χ4n) is 3.77. The SMILES string of the molecule is O=C(NCc1ccc(F)cc1F)c1cn2c(c(O)c1=O)C(=O)N1CC/C=C\CC2C1. The monoisotopic (exact) mass is 415 g/mol. The lowest BCUT2D eigenvalue weighted by Gasteiger charge is -2.37. The second kappa shape index (κ2) is 7.74. The average molecular weight is 415 g/mol. The van der Waals surface area contributed by atoms with Crippen LogP contribution in [0.4, 0.5) is 8.78 Å². The number of hydrogen-bond donors (Lipinski definition) is 2. The zero-order valence-corrected chi connectivity index (χ0v) is 15.9. The van der Waals surface area contributed by atoms with E-state index in [1.807, 2.05) is 12.2 Å². The van der Waals surface area contributed by atoms with Gasteiger partial charge in [-0.3, -0.25) is 14.4 Å². The number of amides is 2. The normalized spacial score (nSPS) is 18.9. The molecule has 9 heteroatoms. The second-order valence-corrected chi connectivity index (χ2v) is 7.30. The number of allylic oxidation sites excluding steroid dienone is 1. The number of aromatic nitrogens is 1. The Morgan fingerprint density at radius 3 is 2.80 bits per heavy atom. The molecular weight excluding hydrogens is 396 g/mol. The summed E-state index contributed by atoms with van der Waals surface area (Å²) in [5.41, 5.74) is -1.42. The van der Waals surface area contributed by atoms with Gasteiger partial charge in [-0.2, -0.15) is 0 Å². The van der Waals surface area contributed by atoms with Gasteiger partial charge in [-0.05, 0) is 18.9 Å². The summed E-state index contributed by atoms with van der Waals surface area (Å²) in [4.78, 5) is 39.5. The lowest BCUT2D eigenvalue weighted by molar-refractivity contribution is 0.0659. The molecule has 2 amide bonds. The van der Waals surface area contributed by atoms with Crippen molar-refractivity contribution in [1.29, 1.82) is 0 Å². The number of fused-ring (bicyclic) bond motifs is 4. The van der Waals surface area contributed by atoms with Gasteiger partial charge in [0, 0.05) is 37.5 Å². The van der Waals surface area contributed by atoms with Crippen LogP contribution < -0.4 is 10.7 Å². The number of hydrogen-bond acceptors (Lipinski definition) is 4. The molecular formula is C21H19F2N3O4. The number of pyridine rings is 1. The molecule has 0 fully saturated rings. The van der Waals surface area contributed by atoms with Crippen LogP contribution in [0.15, 0.2) is 41.3 Å². The molecule has 2 bridgehead atoms. The van der Waals surface area contributed by atoms with Gasteiger partial charge >= 0.3 is 0 Å². The number of nitrogens with zero attached hydrogens (tertiary/aromatic N) is 2. The quantitative estimate of drug-likeness (QED) is 0.752. The molecule has 1 atom stereocenters. The maximum Gasteiger partial charge on any atom is 0.274 e.